The third-order valence-electron chi connectivity index (χ3n) is 5.87. The SMILES string of the molecule is C=CCN1Cc2ccccc2C2(CCN(Cc3cnn(C)c3)CC2)C1. The summed E-state index contributed by atoms with van der Waals surface area (Å²) in [7, 11) is 1.99. The van der Waals surface area contributed by atoms with Gasteiger partial charge in [-0.2, -0.15) is 5.10 Å². The molecule has 1 fully saturated rings. The van der Waals surface area contributed by atoms with Gasteiger partial charge >= 0.3 is 0 Å². The van der Waals surface area contributed by atoms with E-state index < -0.39 is 0 Å². The molecule has 3 heterocycles. The largest absolute Gasteiger partial charge is 0.299 e. The topological polar surface area (TPSA) is 24.3 Å². The summed E-state index contributed by atoms with van der Waals surface area (Å²) >= 11 is 0. The Balaban J connectivity index is 1.51. The van der Waals surface area contributed by atoms with Gasteiger partial charge < -0.3 is 0 Å². The lowest BCUT2D eigenvalue weighted by atomic mass is 9.69. The highest BCUT2D eigenvalue weighted by Crippen LogP contribution is 2.41. The Kier molecular flexibility index (Phi) is 4.48. The molecule has 2 aliphatic rings. The second-order valence-electron chi connectivity index (χ2n) is 7.69. The normalized spacial score (nSPS) is 20.5. The molecular formula is C21H28N4. The first kappa shape index (κ1) is 16.6. The molecule has 132 valence electrons. The van der Waals surface area contributed by atoms with Crippen LogP contribution in [0.2, 0.25) is 0 Å². The predicted octanol–water partition coefficient (Wildman–Crippen LogP) is 2.96. The molecule has 1 aromatic heterocycles. The number of likely N-dealkylation sites (tertiary alicyclic amines) is 1. The number of aromatic nitrogens is 2. The van der Waals surface area contributed by atoms with Crippen LogP contribution in [-0.4, -0.2) is 45.8 Å². The van der Waals surface area contributed by atoms with E-state index in [4.69, 9.17) is 0 Å². The summed E-state index contributed by atoms with van der Waals surface area (Å²) in [5, 5.41) is 4.30. The van der Waals surface area contributed by atoms with Crippen LogP contribution in [0, 0.1) is 0 Å². The molecule has 1 spiro atoms. The van der Waals surface area contributed by atoms with Gasteiger partial charge in [-0.3, -0.25) is 14.5 Å². The Morgan fingerprint density at radius 2 is 2.00 bits per heavy atom. The molecule has 0 amide bonds. The maximum Gasteiger partial charge on any atom is 0.0534 e. The Bertz CT molecular complexity index is 740. The van der Waals surface area contributed by atoms with E-state index in [1.165, 1.54) is 24.0 Å². The molecule has 4 heteroatoms. The van der Waals surface area contributed by atoms with Crippen LogP contribution in [0.3, 0.4) is 0 Å². The van der Waals surface area contributed by atoms with Crippen molar-refractivity contribution in [2.45, 2.75) is 31.3 Å². The number of nitrogens with zero attached hydrogens (tertiary/aromatic N) is 4. The maximum absolute atomic E-state index is 4.30. The van der Waals surface area contributed by atoms with Crippen LogP contribution in [0.25, 0.3) is 0 Å². The minimum atomic E-state index is 0.309. The molecule has 4 rings (SSSR count). The fraction of sp³-hybridized carbons (Fsp3) is 0.476. The van der Waals surface area contributed by atoms with Gasteiger partial charge in [0.1, 0.15) is 0 Å². The van der Waals surface area contributed by atoms with Crippen molar-refractivity contribution in [3.63, 3.8) is 0 Å². The molecule has 4 nitrogen and oxygen atoms in total. The number of rotatable bonds is 4. The summed E-state index contributed by atoms with van der Waals surface area (Å²) in [5.74, 6) is 0. The van der Waals surface area contributed by atoms with Crippen molar-refractivity contribution in [1.82, 2.24) is 19.6 Å². The number of piperidine rings is 1. The molecule has 0 N–H and O–H groups in total. The van der Waals surface area contributed by atoms with Crippen LogP contribution in [0.15, 0.2) is 49.3 Å². The lowest BCUT2D eigenvalue weighted by Crippen LogP contribution is -2.51. The zero-order chi connectivity index (χ0) is 17.3. The molecule has 0 radical (unpaired) electrons. The Morgan fingerprint density at radius 3 is 2.72 bits per heavy atom. The van der Waals surface area contributed by atoms with Crippen molar-refractivity contribution in [3.8, 4) is 0 Å². The van der Waals surface area contributed by atoms with E-state index in [1.807, 2.05) is 24.0 Å². The molecule has 0 atom stereocenters. The average molecular weight is 336 g/mol. The van der Waals surface area contributed by atoms with Crippen molar-refractivity contribution in [3.05, 3.63) is 66.0 Å². The van der Waals surface area contributed by atoms with Gasteiger partial charge in [0, 0.05) is 50.4 Å². The summed E-state index contributed by atoms with van der Waals surface area (Å²) in [6, 6.07) is 9.08. The highest BCUT2D eigenvalue weighted by molar-refractivity contribution is 5.38. The lowest BCUT2D eigenvalue weighted by Gasteiger charge is -2.48. The highest BCUT2D eigenvalue weighted by atomic mass is 15.2. The Morgan fingerprint density at radius 1 is 1.20 bits per heavy atom. The molecule has 2 aliphatic heterocycles. The molecule has 0 unspecified atom stereocenters. The number of hydrogen-bond acceptors (Lipinski definition) is 3. The molecule has 0 bridgehead atoms. The van der Waals surface area contributed by atoms with E-state index in [2.05, 4.69) is 51.9 Å². The van der Waals surface area contributed by atoms with Crippen LogP contribution in [-0.2, 0) is 25.6 Å². The van der Waals surface area contributed by atoms with Crippen molar-refractivity contribution < 1.29 is 0 Å². The monoisotopic (exact) mass is 336 g/mol. The van der Waals surface area contributed by atoms with Gasteiger partial charge in [0.2, 0.25) is 0 Å². The van der Waals surface area contributed by atoms with Gasteiger partial charge in [-0.15, -0.1) is 6.58 Å². The van der Waals surface area contributed by atoms with Crippen LogP contribution in [0.5, 0.6) is 0 Å². The second-order valence-corrected chi connectivity index (χ2v) is 7.69. The number of fused-ring (bicyclic) bond motifs is 2. The maximum atomic E-state index is 4.30. The molecule has 1 aromatic carbocycles. The molecule has 2 aromatic rings. The standard InChI is InChI=1S/C21H28N4/c1-3-10-25-16-19-6-4-5-7-20(19)21(17-25)8-11-24(12-9-21)15-18-13-22-23(2)14-18/h3-7,13-14H,1,8-12,15-17H2,2H3. The van der Waals surface area contributed by atoms with Crippen molar-refractivity contribution in [2.24, 2.45) is 7.05 Å². The van der Waals surface area contributed by atoms with E-state index in [-0.39, 0.29) is 0 Å². The molecular weight excluding hydrogens is 308 g/mol. The first-order valence-electron chi connectivity index (χ1n) is 9.30. The third-order valence-corrected chi connectivity index (χ3v) is 5.87. The second kappa shape index (κ2) is 6.77. The van der Waals surface area contributed by atoms with Gasteiger partial charge in [-0.25, -0.2) is 0 Å². The van der Waals surface area contributed by atoms with Crippen molar-refractivity contribution in [2.75, 3.05) is 26.2 Å². The summed E-state index contributed by atoms with van der Waals surface area (Å²) in [6.07, 6.45) is 8.63. The van der Waals surface area contributed by atoms with Gasteiger partial charge in [-0.1, -0.05) is 30.3 Å². The third kappa shape index (κ3) is 3.29. The smallest absolute Gasteiger partial charge is 0.0534 e. The highest BCUT2D eigenvalue weighted by Gasteiger charge is 2.41. The number of benzene rings is 1. The van der Waals surface area contributed by atoms with Crippen LogP contribution in [0.4, 0.5) is 0 Å². The first-order chi connectivity index (χ1) is 12.2. The molecule has 0 saturated carbocycles. The summed E-state index contributed by atoms with van der Waals surface area (Å²) in [6.45, 7) is 10.5. The number of aryl methyl sites for hydroxylation is 1. The van der Waals surface area contributed by atoms with Crippen molar-refractivity contribution in [1.29, 1.82) is 0 Å². The van der Waals surface area contributed by atoms with E-state index in [0.29, 0.717) is 5.41 Å². The zero-order valence-electron chi connectivity index (χ0n) is 15.2. The molecule has 25 heavy (non-hydrogen) atoms. The zero-order valence-corrected chi connectivity index (χ0v) is 15.2. The summed E-state index contributed by atoms with van der Waals surface area (Å²) < 4.78 is 1.89. The molecule has 0 aliphatic carbocycles. The Hall–Kier alpha value is -1.91. The van der Waals surface area contributed by atoms with Gasteiger partial charge in [-0.05, 0) is 37.1 Å². The van der Waals surface area contributed by atoms with E-state index >= 15 is 0 Å². The van der Waals surface area contributed by atoms with Crippen LogP contribution in [0.1, 0.15) is 29.5 Å². The van der Waals surface area contributed by atoms with E-state index in [1.54, 1.807) is 5.56 Å². The number of hydrogen-bond donors (Lipinski definition) is 0. The average Bonchev–Trinajstić information content (AvgIpc) is 3.02. The minimum absolute atomic E-state index is 0.309. The minimum Gasteiger partial charge on any atom is -0.299 e. The first-order valence-corrected chi connectivity index (χ1v) is 9.30. The van der Waals surface area contributed by atoms with Gasteiger partial charge in [0.25, 0.3) is 0 Å². The lowest BCUT2D eigenvalue weighted by molar-refractivity contribution is 0.100. The predicted molar refractivity (Wildman–Crippen MR) is 101 cm³/mol. The quantitative estimate of drug-likeness (QED) is 0.802. The Labute approximate surface area is 150 Å². The summed E-state index contributed by atoms with van der Waals surface area (Å²) in [5.41, 5.74) is 4.73. The van der Waals surface area contributed by atoms with E-state index in [9.17, 15) is 0 Å². The molecule has 1 saturated heterocycles. The summed E-state index contributed by atoms with van der Waals surface area (Å²) in [4.78, 5) is 5.14. The fourth-order valence-electron chi connectivity index (χ4n) is 4.68. The van der Waals surface area contributed by atoms with Gasteiger partial charge in [0.15, 0.2) is 0 Å². The fourth-order valence-corrected chi connectivity index (χ4v) is 4.68. The van der Waals surface area contributed by atoms with Crippen LogP contribution >= 0.6 is 0 Å². The van der Waals surface area contributed by atoms with Gasteiger partial charge in [0.05, 0.1) is 6.20 Å². The van der Waals surface area contributed by atoms with E-state index in [0.717, 1.165) is 39.3 Å². The van der Waals surface area contributed by atoms with Crippen LogP contribution < -0.4 is 0 Å². The van der Waals surface area contributed by atoms with Crippen molar-refractivity contribution >= 4 is 0 Å².